The lowest BCUT2D eigenvalue weighted by Crippen LogP contribution is -2.32. The zero-order chi connectivity index (χ0) is 15.2. The van der Waals surface area contributed by atoms with Gasteiger partial charge >= 0.3 is 0 Å². The van der Waals surface area contributed by atoms with Gasteiger partial charge in [0.05, 0.1) is 11.1 Å². The molecule has 0 bridgehead atoms. The van der Waals surface area contributed by atoms with Crippen LogP contribution in [0.1, 0.15) is 59.1 Å². The average Bonchev–Trinajstić information content (AvgIpc) is 2.36. The predicted octanol–water partition coefficient (Wildman–Crippen LogP) is 5.32. The number of nitrogens with one attached hydrogen (secondary N) is 1. The van der Waals surface area contributed by atoms with E-state index in [1.54, 1.807) is 0 Å². The van der Waals surface area contributed by atoms with Crippen LogP contribution >= 0.6 is 15.9 Å². The molecule has 0 radical (unpaired) electrons. The first-order valence-electron chi connectivity index (χ1n) is 7.55. The van der Waals surface area contributed by atoms with E-state index in [1.807, 2.05) is 0 Å². The van der Waals surface area contributed by atoms with Crippen molar-refractivity contribution in [2.24, 2.45) is 5.41 Å². The maximum atomic E-state index is 5.72. The summed E-state index contributed by atoms with van der Waals surface area (Å²) in [4.78, 5) is 0. The van der Waals surface area contributed by atoms with Gasteiger partial charge in [-0.05, 0) is 58.4 Å². The van der Waals surface area contributed by atoms with Crippen molar-refractivity contribution in [1.82, 2.24) is 5.32 Å². The Morgan fingerprint density at radius 2 is 1.90 bits per heavy atom. The van der Waals surface area contributed by atoms with Crippen LogP contribution in [0.4, 0.5) is 0 Å². The van der Waals surface area contributed by atoms with Crippen LogP contribution in [-0.4, -0.2) is 13.2 Å². The van der Waals surface area contributed by atoms with Crippen LogP contribution in [0.5, 0.6) is 5.75 Å². The van der Waals surface area contributed by atoms with E-state index >= 15 is 0 Å². The number of hydrogen-bond donors (Lipinski definition) is 1. The van der Waals surface area contributed by atoms with Gasteiger partial charge in [-0.25, -0.2) is 0 Å². The zero-order valence-electron chi connectivity index (χ0n) is 13.4. The van der Waals surface area contributed by atoms with E-state index in [1.165, 1.54) is 5.56 Å². The van der Waals surface area contributed by atoms with Crippen LogP contribution < -0.4 is 10.1 Å². The summed E-state index contributed by atoms with van der Waals surface area (Å²) < 4.78 is 6.76. The molecule has 0 aliphatic carbocycles. The first kappa shape index (κ1) is 17.5. The summed E-state index contributed by atoms with van der Waals surface area (Å²) in [7, 11) is 0. The fraction of sp³-hybridized carbons (Fsp3) is 0.647. The second kappa shape index (κ2) is 8.04. The summed E-state index contributed by atoms with van der Waals surface area (Å²) in [5, 5.41) is 3.65. The van der Waals surface area contributed by atoms with Crippen molar-refractivity contribution in [2.45, 2.75) is 53.5 Å². The monoisotopic (exact) mass is 341 g/mol. The third-order valence-corrected chi connectivity index (χ3v) is 3.84. The van der Waals surface area contributed by atoms with Gasteiger partial charge in [-0.2, -0.15) is 0 Å². The van der Waals surface area contributed by atoms with Crippen molar-refractivity contribution >= 4 is 15.9 Å². The Bertz CT molecular complexity index is 412. The first-order chi connectivity index (χ1) is 9.40. The van der Waals surface area contributed by atoms with Gasteiger partial charge in [0, 0.05) is 6.04 Å². The fourth-order valence-electron chi connectivity index (χ4n) is 2.24. The number of rotatable bonds is 7. The molecule has 1 aromatic carbocycles. The summed E-state index contributed by atoms with van der Waals surface area (Å²) in [5.74, 6) is 0.929. The molecule has 0 aromatic heterocycles. The summed E-state index contributed by atoms with van der Waals surface area (Å²) >= 11 is 3.63. The van der Waals surface area contributed by atoms with E-state index in [4.69, 9.17) is 4.74 Å². The zero-order valence-corrected chi connectivity index (χ0v) is 15.0. The van der Waals surface area contributed by atoms with Crippen LogP contribution in [0.2, 0.25) is 0 Å². The molecule has 0 fully saturated rings. The van der Waals surface area contributed by atoms with Gasteiger partial charge < -0.3 is 10.1 Å². The van der Waals surface area contributed by atoms with Gasteiger partial charge in [0.25, 0.3) is 0 Å². The normalized spacial score (nSPS) is 13.3. The molecule has 0 spiro atoms. The molecule has 0 heterocycles. The van der Waals surface area contributed by atoms with Crippen LogP contribution in [-0.2, 0) is 0 Å². The molecule has 0 saturated heterocycles. The first-order valence-corrected chi connectivity index (χ1v) is 8.35. The van der Waals surface area contributed by atoms with E-state index in [9.17, 15) is 0 Å². The number of ether oxygens (including phenoxy) is 1. The minimum Gasteiger partial charge on any atom is -0.492 e. The van der Waals surface area contributed by atoms with E-state index in [0.717, 1.165) is 36.2 Å². The van der Waals surface area contributed by atoms with Gasteiger partial charge in [0.15, 0.2) is 0 Å². The molecule has 1 atom stereocenters. The SMILES string of the molecule is CCCNC(c1ccc(OCCC)c(Br)c1)C(C)(C)C. The Hall–Kier alpha value is -0.540. The summed E-state index contributed by atoms with van der Waals surface area (Å²) in [6, 6.07) is 6.78. The van der Waals surface area contributed by atoms with E-state index < -0.39 is 0 Å². The molecule has 20 heavy (non-hydrogen) atoms. The Balaban J connectivity index is 2.94. The lowest BCUT2D eigenvalue weighted by Gasteiger charge is -2.32. The minimum atomic E-state index is 0.181. The van der Waals surface area contributed by atoms with Gasteiger partial charge in [0.2, 0.25) is 0 Å². The van der Waals surface area contributed by atoms with E-state index in [2.05, 4.69) is 74.1 Å². The smallest absolute Gasteiger partial charge is 0.133 e. The maximum Gasteiger partial charge on any atom is 0.133 e. The molecule has 0 aliphatic rings. The van der Waals surface area contributed by atoms with Crippen molar-refractivity contribution in [2.75, 3.05) is 13.2 Å². The van der Waals surface area contributed by atoms with E-state index in [0.29, 0.717) is 6.04 Å². The molecule has 0 aliphatic heterocycles. The highest BCUT2D eigenvalue weighted by molar-refractivity contribution is 9.10. The second-order valence-electron chi connectivity index (χ2n) is 6.29. The lowest BCUT2D eigenvalue weighted by atomic mass is 9.82. The molecule has 1 unspecified atom stereocenters. The molecule has 114 valence electrons. The maximum absolute atomic E-state index is 5.72. The van der Waals surface area contributed by atoms with Gasteiger partial charge in [-0.3, -0.25) is 0 Å². The quantitative estimate of drug-likeness (QED) is 0.724. The highest BCUT2D eigenvalue weighted by Gasteiger charge is 2.26. The van der Waals surface area contributed by atoms with Crippen molar-refractivity contribution < 1.29 is 4.74 Å². The third-order valence-electron chi connectivity index (χ3n) is 3.22. The van der Waals surface area contributed by atoms with Gasteiger partial charge in [-0.1, -0.05) is 40.7 Å². The van der Waals surface area contributed by atoms with Crippen molar-refractivity contribution in [1.29, 1.82) is 0 Å². The summed E-state index contributed by atoms with van der Waals surface area (Å²) in [5.41, 5.74) is 1.49. The second-order valence-corrected chi connectivity index (χ2v) is 7.15. The van der Waals surface area contributed by atoms with Crippen LogP contribution in [0.15, 0.2) is 22.7 Å². The highest BCUT2D eigenvalue weighted by atomic mass is 79.9. The number of hydrogen-bond acceptors (Lipinski definition) is 2. The topological polar surface area (TPSA) is 21.3 Å². The Morgan fingerprint density at radius 1 is 1.20 bits per heavy atom. The highest BCUT2D eigenvalue weighted by Crippen LogP contribution is 2.36. The van der Waals surface area contributed by atoms with E-state index in [-0.39, 0.29) is 5.41 Å². The molecule has 0 saturated carbocycles. The molecule has 3 heteroatoms. The van der Waals surface area contributed by atoms with Gasteiger partial charge in [0.1, 0.15) is 5.75 Å². The van der Waals surface area contributed by atoms with Gasteiger partial charge in [-0.15, -0.1) is 0 Å². The largest absolute Gasteiger partial charge is 0.492 e. The Morgan fingerprint density at radius 3 is 2.40 bits per heavy atom. The van der Waals surface area contributed by atoms with Crippen molar-refractivity contribution in [3.05, 3.63) is 28.2 Å². The molecule has 1 rings (SSSR count). The summed E-state index contributed by atoms with van der Waals surface area (Å²) in [6.45, 7) is 12.9. The predicted molar refractivity (Wildman–Crippen MR) is 90.4 cm³/mol. The van der Waals surface area contributed by atoms with Crippen molar-refractivity contribution in [3.63, 3.8) is 0 Å². The Kier molecular flexibility index (Phi) is 7.04. The van der Waals surface area contributed by atoms with Crippen LogP contribution in [0.25, 0.3) is 0 Å². The number of halogens is 1. The molecule has 0 amide bonds. The summed E-state index contributed by atoms with van der Waals surface area (Å²) in [6.07, 6.45) is 2.17. The molecule has 1 aromatic rings. The Labute approximate surface area is 132 Å². The van der Waals surface area contributed by atoms with Crippen LogP contribution in [0.3, 0.4) is 0 Å². The molecule has 2 nitrogen and oxygen atoms in total. The van der Waals surface area contributed by atoms with Crippen molar-refractivity contribution in [3.8, 4) is 5.75 Å². The molecular formula is C17H28BrNO. The standard InChI is InChI=1S/C17H28BrNO/c1-6-10-19-16(17(3,4)5)13-8-9-15(14(18)12-13)20-11-7-2/h8-9,12,16,19H,6-7,10-11H2,1-5H3. The molecular weight excluding hydrogens is 314 g/mol. The lowest BCUT2D eigenvalue weighted by molar-refractivity contribution is 0.272. The molecule has 1 N–H and O–H groups in total. The fourth-order valence-corrected chi connectivity index (χ4v) is 2.75. The minimum absolute atomic E-state index is 0.181. The number of benzene rings is 1. The third kappa shape index (κ3) is 5.10. The van der Waals surface area contributed by atoms with Crippen LogP contribution in [0, 0.1) is 5.41 Å². The average molecular weight is 342 g/mol.